The van der Waals surface area contributed by atoms with Crippen LogP contribution in [-0.4, -0.2) is 22.2 Å². The molecule has 0 bridgehead atoms. The summed E-state index contributed by atoms with van der Waals surface area (Å²) in [4.78, 5) is 24.9. The summed E-state index contributed by atoms with van der Waals surface area (Å²) in [6, 6.07) is 15.2. The number of para-hydroxylation sites is 2. The first-order chi connectivity index (χ1) is 13.0. The topological polar surface area (TPSA) is 65.3 Å². The fraction of sp³-hybridized carbons (Fsp3) is 0.333. The molecule has 1 heterocycles. The molecule has 1 unspecified atom stereocenters. The van der Waals surface area contributed by atoms with Gasteiger partial charge in [0.1, 0.15) is 5.75 Å². The van der Waals surface area contributed by atoms with Crippen molar-refractivity contribution in [3.05, 3.63) is 64.6 Å². The summed E-state index contributed by atoms with van der Waals surface area (Å²) < 4.78 is 8.44. The number of aromatic nitrogens is 2. The van der Waals surface area contributed by atoms with Gasteiger partial charge >= 0.3 is 5.69 Å². The molecule has 0 aliphatic carbocycles. The molecular formula is C21H25N3O3. The number of benzene rings is 2. The zero-order valence-corrected chi connectivity index (χ0v) is 15.9. The first-order valence-electron chi connectivity index (χ1n) is 9.12. The molecule has 3 aromatic rings. The number of amides is 1. The summed E-state index contributed by atoms with van der Waals surface area (Å²) >= 11 is 0. The molecule has 0 aliphatic rings. The second-order valence-corrected chi connectivity index (χ2v) is 6.53. The Morgan fingerprint density at radius 3 is 2.41 bits per heavy atom. The number of fused-ring (bicyclic) bond motifs is 1. The van der Waals surface area contributed by atoms with Crippen LogP contribution in [0.15, 0.2) is 53.3 Å². The predicted molar refractivity (Wildman–Crippen MR) is 106 cm³/mol. The van der Waals surface area contributed by atoms with Gasteiger partial charge in [0.2, 0.25) is 5.91 Å². The number of nitrogens with zero attached hydrogens (tertiary/aromatic N) is 2. The van der Waals surface area contributed by atoms with Gasteiger partial charge < -0.3 is 10.1 Å². The van der Waals surface area contributed by atoms with Crippen LogP contribution in [0, 0.1) is 0 Å². The highest BCUT2D eigenvalue weighted by molar-refractivity contribution is 5.78. The van der Waals surface area contributed by atoms with Crippen molar-refractivity contribution >= 4 is 16.9 Å². The smallest absolute Gasteiger partial charge is 0.328 e. The molecule has 1 N–H and O–H groups in total. The van der Waals surface area contributed by atoms with E-state index in [1.165, 1.54) is 0 Å². The maximum atomic E-state index is 12.5. The van der Waals surface area contributed by atoms with Gasteiger partial charge in [0.15, 0.2) is 0 Å². The van der Waals surface area contributed by atoms with Crippen LogP contribution in [0.25, 0.3) is 11.0 Å². The van der Waals surface area contributed by atoms with E-state index < -0.39 is 0 Å². The second-order valence-electron chi connectivity index (χ2n) is 6.53. The normalized spacial score (nSPS) is 12.1. The Morgan fingerprint density at radius 1 is 1.11 bits per heavy atom. The highest BCUT2D eigenvalue weighted by Gasteiger charge is 2.15. The van der Waals surface area contributed by atoms with Gasteiger partial charge in [-0.1, -0.05) is 31.2 Å². The third-order valence-electron chi connectivity index (χ3n) is 4.88. The first kappa shape index (κ1) is 18.8. The molecule has 1 aromatic heterocycles. The van der Waals surface area contributed by atoms with Crippen LogP contribution in [0.3, 0.4) is 0 Å². The van der Waals surface area contributed by atoms with Crippen molar-refractivity contribution in [1.82, 2.24) is 14.5 Å². The number of hydrogen-bond donors (Lipinski definition) is 1. The SMILES string of the molecule is CCC(NC(=O)CCn1c(=O)n(C)c2ccccc21)c1ccc(OC)cc1. The molecule has 27 heavy (non-hydrogen) atoms. The molecule has 0 spiro atoms. The summed E-state index contributed by atoms with van der Waals surface area (Å²) in [5, 5.41) is 3.06. The van der Waals surface area contributed by atoms with Crippen LogP contribution >= 0.6 is 0 Å². The lowest BCUT2D eigenvalue weighted by Crippen LogP contribution is -2.30. The van der Waals surface area contributed by atoms with Gasteiger partial charge in [-0.15, -0.1) is 0 Å². The lowest BCUT2D eigenvalue weighted by Gasteiger charge is -2.18. The van der Waals surface area contributed by atoms with Crippen LogP contribution in [0.5, 0.6) is 5.75 Å². The molecule has 2 aromatic carbocycles. The zero-order valence-electron chi connectivity index (χ0n) is 15.9. The van der Waals surface area contributed by atoms with Crippen LogP contribution < -0.4 is 15.7 Å². The molecule has 1 atom stereocenters. The lowest BCUT2D eigenvalue weighted by atomic mass is 10.0. The minimum atomic E-state index is -0.105. The quantitative estimate of drug-likeness (QED) is 0.698. The number of imidazole rings is 1. The number of methoxy groups -OCH3 is 1. The van der Waals surface area contributed by atoms with Crippen molar-refractivity contribution in [2.24, 2.45) is 7.05 Å². The molecule has 0 saturated carbocycles. The molecule has 142 valence electrons. The Morgan fingerprint density at radius 2 is 1.78 bits per heavy atom. The number of nitrogens with one attached hydrogen (secondary N) is 1. The van der Waals surface area contributed by atoms with Gasteiger partial charge in [-0.25, -0.2) is 4.79 Å². The number of carbonyl (C=O) groups excluding carboxylic acids is 1. The van der Waals surface area contributed by atoms with Gasteiger partial charge in [-0.05, 0) is 36.2 Å². The van der Waals surface area contributed by atoms with Crippen molar-refractivity contribution in [1.29, 1.82) is 0 Å². The Balaban J connectivity index is 1.69. The third-order valence-corrected chi connectivity index (χ3v) is 4.88. The fourth-order valence-electron chi connectivity index (χ4n) is 3.32. The van der Waals surface area contributed by atoms with E-state index in [-0.39, 0.29) is 24.1 Å². The number of hydrogen-bond acceptors (Lipinski definition) is 3. The van der Waals surface area contributed by atoms with Crippen LogP contribution in [0.2, 0.25) is 0 Å². The zero-order chi connectivity index (χ0) is 19.4. The van der Waals surface area contributed by atoms with E-state index in [0.29, 0.717) is 6.54 Å². The van der Waals surface area contributed by atoms with E-state index in [0.717, 1.165) is 28.8 Å². The summed E-state index contributed by atoms with van der Waals surface area (Å²) in [6.07, 6.45) is 1.03. The molecule has 3 rings (SSSR count). The molecule has 0 radical (unpaired) electrons. The first-order valence-corrected chi connectivity index (χ1v) is 9.12. The Kier molecular flexibility index (Phi) is 5.64. The minimum Gasteiger partial charge on any atom is -0.497 e. The van der Waals surface area contributed by atoms with Crippen molar-refractivity contribution in [2.45, 2.75) is 32.4 Å². The molecule has 0 aliphatic heterocycles. The van der Waals surface area contributed by atoms with Gasteiger partial charge in [0.05, 0.1) is 24.2 Å². The van der Waals surface area contributed by atoms with Crippen molar-refractivity contribution < 1.29 is 9.53 Å². The largest absolute Gasteiger partial charge is 0.497 e. The minimum absolute atomic E-state index is 0.0624. The van der Waals surface area contributed by atoms with E-state index in [2.05, 4.69) is 5.32 Å². The lowest BCUT2D eigenvalue weighted by molar-refractivity contribution is -0.122. The molecular weight excluding hydrogens is 342 g/mol. The molecule has 0 saturated heterocycles. The average Bonchev–Trinajstić information content (AvgIpc) is 2.95. The van der Waals surface area contributed by atoms with Crippen molar-refractivity contribution in [3.8, 4) is 5.75 Å². The standard InChI is InChI=1S/C21H25N3O3/c1-4-17(15-9-11-16(27-3)12-10-15)22-20(25)13-14-24-19-8-6-5-7-18(19)23(2)21(24)26/h5-12,17H,4,13-14H2,1-3H3,(H,22,25). The van der Waals surface area contributed by atoms with Crippen molar-refractivity contribution in [3.63, 3.8) is 0 Å². The monoisotopic (exact) mass is 367 g/mol. The number of ether oxygens (including phenoxy) is 1. The summed E-state index contributed by atoms with van der Waals surface area (Å²) in [5.74, 6) is 0.716. The Labute approximate surface area is 158 Å². The molecule has 6 heteroatoms. The number of rotatable bonds is 7. The average molecular weight is 367 g/mol. The van der Waals surface area contributed by atoms with Gasteiger partial charge in [-0.2, -0.15) is 0 Å². The van der Waals surface area contributed by atoms with Crippen LogP contribution in [0.1, 0.15) is 31.4 Å². The van der Waals surface area contributed by atoms with E-state index in [9.17, 15) is 9.59 Å². The highest BCUT2D eigenvalue weighted by Crippen LogP contribution is 2.20. The van der Waals surface area contributed by atoms with E-state index in [1.54, 1.807) is 23.3 Å². The second kappa shape index (κ2) is 8.12. The Hall–Kier alpha value is -3.02. The van der Waals surface area contributed by atoms with Gasteiger partial charge in [0.25, 0.3) is 0 Å². The molecule has 1 amide bonds. The van der Waals surface area contributed by atoms with E-state index >= 15 is 0 Å². The van der Waals surface area contributed by atoms with E-state index in [4.69, 9.17) is 4.74 Å². The molecule has 6 nitrogen and oxygen atoms in total. The Bertz CT molecular complexity index is 986. The highest BCUT2D eigenvalue weighted by atomic mass is 16.5. The number of carbonyl (C=O) groups is 1. The summed E-state index contributed by atoms with van der Waals surface area (Å²) in [6.45, 7) is 2.38. The summed E-state index contributed by atoms with van der Waals surface area (Å²) in [5.41, 5.74) is 2.65. The van der Waals surface area contributed by atoms with Gasteiger partial charge in [0, 0.05) is 20.0 Å². The third kappa shape index (κ3) is 3.89. The van der Waals surface area contributed by atoms with Gasteiger partial charge in [-0.3, -0.25) is 13.9 Å². The fourth-order valence-corrected chi connectivity index (χ4v) is 3.32. The number of aryl methyl sites for hydroxylation is 2. The maximum Gasteiger partial charge on any atom is 0.328 e. The van der Waals surface area contributed by atoms with E-state index in [1.807, 2.05) is 55.5 Å². The predicted octanol–water partition coefficient (Wildman–Crippen LogP) is 3.01. The van der Waals surface area contributed by atoms with Crippen LogP contribution in [0.4, 0.5) is 0 Å². The van der Waals surface area contributed by atoms with Crippen LogP contribution in [-0.2, 0) is 18.4 Å². The van der Waals surface area contributed by atoms with Crippen molar-refractivity contribution in [2.75, 3.05) is 7.11 Å². The summed E-state index contributed by atoms with van der Waals surface area (Å²) in [7, 11) is 3.38. The molecule has 0 fully saturated rings. The maximum absolute atomic E-state index is 12.5.